The Balaban J connectivity index is 2.79. The Labute approximate surface area is 124 Å². The second kappa shape index (κ2) is 7.78. The zero-order valence-electron chi connectivity index (χ0n) is 12.8. The van der Waals surface area contributed by atoms with Crippen molar-refractivity contribution < 1.29 is 10.0 Å². The Bertz CT molecular complexity index is 477. The van der Waals surface area contributed by atoms with Crippen LogP contribution in [0.25, 0.3) is 0 Å². The lowest BCUT2D eigenvalue weighted by Crippen LogP contribution is -2.24. The molecule has 1 rings (SSSR count). The Kier molecular flexibility index (Phi) is 6.36. The van der Waals surface area contributed by atoms with Gasteiger partial charge < -0.3 is 15.7 Å². The molecule has 0 saturated carbocycles. The van der Waals surface area contributed by atoms with Gasteiger partial charge in [0.15, 0.2) is 0 Å². The van der Waals surface area contributed by atoms with Crippen LogP contribution in [0.15, 0.2) is 12.1 Å². The highest BCUT2D eigenvalue weighted by molar-refractivity contribution is 5.54. The Morgan fingerprint density at radius 1 is 1.33 bits per heavy atom. The van der Waals surface area contributed by atoms with Crippen molar-refractivity contribution in [1.82, 2.24) is 4.98 Å². The summed E-state index contributed by atoms with van der Waals surface area (Å²) < 4.78 is 0. The quantitative estimate of drug-likeness (QED) is 0.478. The van der Waals surface area contributed by atoms with Crippen LogP contribution in [0, 0.1) is 15.5 Å². The van der Waals surface area contributed by atoms with Gasteiger partial charge in [0.05, 0.1) is 17.1 Å². The maximum absolute atomic E-state index is 10.9. The molecule has 21 heavy (non-hydrogen) atoms. The second-order valence-corrected chi connectivity index (χ2v) is 5.73. The molecule has 118 valence electrons. The molecule has 0 bridgehead atoms. The predicted molar refractivity (Wildman–Crippen MR) is 83.6 cm³/mol. The van der Waals surface area contributed by atoms with Gasteiger partial charge in [-0.3, -0.25) is 10.1 Å². The number of nitrogens with one attached hydrogen (secondary N) is 2. The molecule has 0 fully saturated rings. The number of pyridine rings is 1. The fraction of sp³-hybridized carbons (Fsp3) is 0.643. The van der Waals surface area contributed by atoms with Crippen LogP contribution in [0.5, 0.6) is 0 Å². The number of rotatable bonds is 9. The summed E-state index contributed by atoms with van der Waals surface area (Å²) in [6.07, 6.45) is 1.60. The summed E-state index contributed by atoms with van der Waals surface area (Å²) in [5.74, 6) is 0.972. The van der Waals surface area contributed by atoms with Gasteiger partial charge in [-0.2, -0.15) is 0 Å². The first kappa shape index (κ1) is 17.2. The van der Waals surface area contributed by atoms with Crippen LogP contribution in [0.3, 0.4) is 0 Å². The van der Waals surface area contributed by atoms with Crippen molar-refractivity contribution in [2.75, 3.05) is 30.3 Å². The van der Waals surface area contributed by atoms with Gasteiger partial charge in [-0.15, -0.1) is 0 Å². The largest absolute Gasteiger partial charge is 0.396 e. The van der Waals surface area contributed by atoms with Crippen molar-refractivity contribution in [3.8, 4) is 0 Å². The van der Waals surface area contributed by atoms with Crippen LogP contribution < -0.4 is 10.6 Å². The minimum absolute atomic E-state index is 0.0108. The second-order valence-electron chi connectivity index (χ2n) is 5.73. The van der Waals surface area contributed by atoms with E-state index in [4.69, 9.17) is 5.11 Å². The summed E-state index contributed by atoms with van der Waals surface area (Å²) in [7, 11) is 0. The van der Waals surface area contributed by atoms with E-state index >= 15 is 0 Å². The third-order valence-corrected chi connectivity index (χ3v) is 3.14. The van der Waals surface area contributed by atoms with Crippen LogP contribution in [-0.4, -0.2) is 34.7 Å². The highest BCUT2D eigenvalue weighted by Gasteiger charge is 2.18. The summed E-state index contributed by atoms with van der Waals surface area (Å²) in [5.41, 5.74) is -0.00970. The Hall–Kier alpha value is -1.89. The monoisotopic (exact) mass is 296 g/mol. The summed E-state index contributed by atoms with van der Waals surface area (Å²) in [4.78, 5) is 14.8. The molecule has 0 atom stereocenters. The van der Waals surface area contributed by atoms with Crippen LogP contribution in [-0.2, 0) is 0 Å². The molecule has 0 aliphatic heterocycles. The van der Waals surface area contributed by atoms with Gasteiger partial charge in [-0.1, -0.05) is 13.8 Å². The molecule has 0 radical (unpaired) electrons. The van der Waals surface area contributed by atoms with E-state index < -0.39 is 4.92 Å². The van der Waals surface area contributed by atoms with Crippen LogP contribution in [0.2, 0.25) is 0 Å². The highest BCUT2D eigenvalue weighted by atomic mass is 16.6. The Morgan fingerprint density at radius 3 is 2.48 bits per heavy atom. The molecule has 1 aromatic heterocycles. The van der Waals surface area contributed by atoms with Gasteiger partial charge in [0.25, 0.3) is 5.69 Å². The van der Waals surface area contributed by atoms with Crippen molar-refractivity contribution in [2.45, 2.75) is 33.6 Å². The number of anilines is 2. The number of aromatic nitrogens is 1. The molecular formula is C14H24N4O3. The molecule has 1 aromatic rings. The smallest absolute Gasteiger partial charge is 0.276 e. The van der Waals surface area contributed by atoms with E-state index in [1.54, 1.807) is 0 Å². The Morgan fingerprint density at radius 2 is 1.95 bits per heavy atom. The molecule has 0 aliphatic rings. The van der Waals surface area contributed by atoms with E-state index in [9.17, 15) is 10.1 Å². The standard InChI is InChI=1S/C14H24N4O3/c1-4-15-12-8-11(18(20)21)9-13(17-12)16-10-14(2,3)6-5-7-19/h8-9,19H,4-7,10H2,1-3H3,(H2,15,16,17). The first-order valence-corrected chi connectivity index (χ1v) is 7.13. The normalized spacial score (nSPS) is 11.2. The molecule has 0 aromatic carbocycles. The third kappa shape index (κ3) is 5.95. The van der Waals surface area contributed by atoms with E-state index in [0.29, 0.717) is 24.7 Å². The SMILES string of the molecule is CCNc1cc([N+](=O)[O-])cc(NCC(C)(C)CCCO)n1. The highest BCUT2D eigenvalue weighted by Crippen LogP contribution is 2.25. The minimum atomic E-state index is -0.426. The maximum atomic E-state index is 10.9. The number of nitrogens with zero attached hydrogens (tertiary/aromatic N) is 2. The number of nitro groups is 1. The summed E-state index contributed by atoms with van der Waals surface area (Å²) in [5, 5.41) is 26.0. The van der Waals surface area contributed by atoms with E-state index in [-0.39, 0.29) is 17.7 Å². The topological polar surface area (TPSA) is 100 Å². The van der Waals surface area contributed by atoms with E-state index in [0.717, 1.165) is 12.8 Å². The molecule has 3 N–H and O–H groups in total. The van der Waals surface area contributed by atoms with Crippen LogP contribution in [0.4, 0.5) is 17.3 Å². The minimum Gasteiger partial charge on any atom is -0.396 e. The number of hydrogen-bond donors (Lipinski definition) is 3. The van der Waals surface area contributed by atoms with Crippen molar-refractivity contribution in [1.29, 1.82) is 0 Å². The van der Waals surface area contributed by atoms with Gasteiger partial charge in [0.1, 0.15) is 11.6 Å². The summed E-state index contributed by atoms with van der Waals surface area (Å²) in [6.45, 7) is 7.52. The number of hydrogen-bond acceptors (Lipinski definition) is 6. The fourth-order valence-electron chi connectivity index (χ4n) is 1.96. The maximum Gasteiger partial charge on any atom is 0.276 e. The zero-order chi connectivity index (χ0) is 15.9. The van der Waals surface area contributed by atoms with Gasteiger partial charge in [0, 0.05) is 19.7 Å². The van der Waals surface area contributed by atoms with Crippen LogP contribution >= 0.6 is 0 Å². The van der Waals surface area contributed by atoms with Crippen molar-refractivity contribution in [3.05, 3.63) is 22.2 Å². The summed E-state index contributed by atoms with van der Waals surface area (Å²) in [6, 6.07) is 2.86. The molecule has 7 nitrogen and oxygen atoms in total. The van der Waals surface area contributed by atoms with Gasteiger partial charge >= 0.3 is 0 Å². The molecular weight excluding hydrogens is 272 g/mol. The van der Waals surface area contributed by atoms with E-state index in [1.807, 2.05) is 6.92 Å². The van der Waals surface area contributed by atoms with Gasteiger partial charge in [-0.25, -0.2) is 4.98 Å². The average molecular weight is 296 g/mol. The number of aliphatic hydroxyl groups excluding tert-OH is 1. The fourth-order valence-corrected chi connectivity index (χ4v) is 1.96. The predicted octanol–water partition coefficient (Wildman–Crippen LogP) is 2.63. The summed E-state index contributed by atoms with van der Waals surface area (Å²) >= 11 is 0. The van der Waals surface area contributed by atoms with E-state index in [2.05, 4.69) is 29.5 Å². The van der Waals surface area contributed by atoms with Crippen molar-refractivity contribution in [3.63, 3.8) is 0 Å². The molecule has 0 spiro atoms. The van der Waals surface area contributed by atoms with Crippen LogP contribution in [0.1, 0.15) is 33.6 Å². The van der Waals surface area contributed by atoms with Crippen molar-refractivity contribution >= 4 is 17.3 Å². The lowest BCUT2D eigenvalue weighted by atomic mass is 9.88. The molecule has 0 aliphatic carbocycles. The van der Waals surface area contributed by atoms with E-state index in [1.165, 1.54) is 12.1 Å². The third-order valence-electron chi connectivity index (χ3n) is 3.14. The molecule has 0 saturated heterocycles. The lowest BCUT2D eigenvalue weighted by molar-refractivity contribution is -0.384. The molecule has 1 heterocycles. The average Bonchev–Trinajstić information content (AvgIpc) is 2.43. The number of aliphatic hydroxyl groups is 1. The van der Waals surface area contributed by atoms with Gasteiger partial charge in [-0.05, 0) is 25.2 Å². The van der Waals surface area contributed by atoms with Gasteiger partial charge in [0.2, 0.25) is 0 Å². The zero-order valence-corrected chi connectivity index (χ0v) is 12.8. The first-order valence-electron chi connectivity index (χ1n) is 7.13. The van der Waals surface area contributed by atoms with Crippen molar-refractivity contribution in [2.24, 2.45) is 5.41 Å². The lowest BCUT2D eigenvalue weighted by Gasteiger charge is -2.25. The molecule has 0 amide bonds. The first-order chi connectivity index (χ1) is 9.88. The molecule has 0 unspecified atom stereocenters. The molecule has 7 heteroatoms.